The number of nitrogens with one attached hydrogen (secondary N) is 1. The molecule has 5 nitrogen and oxygen atoms in total. The van der Waals surface area contributed by atoms with E-state index < -0.39 is 6.04 Å². The van der Waals surface area contributed by atoms with Crippen molar-refractivity contribution in [3.8, 4) is 0 Å². The fourth-order valence-corrected chi connectivity index (χ4v) is 2.06. The van der Waals surface area contributed by atoms with Crippen molar-refractivity contribution < 1.29 is 4.79 Å². The van der Waals surface area contributed by atoms with Crippen LogP contribution in [0, 0.1) is 0 Å². The lowest BCUT2D eigenvalue weighted by Gasteiger charge is -2.18. The van der Waals surface area contributed by atoms with Crippen LogP contribution in [-0.2, 0) is 11.2 Å². The second kappa shape index (κ2) is 6.85. The number of aromatic nitrogens is 1. The Morgan fingerprint density at radius 3 is 2.67 bits per heavy atom. The first-order valence-electron chi connectivity index (χ1n) is 6.79. The number of anilines is 2. The van der Waals surface area contributed by atoms with Crippen molar-refractivity contribution in [1.82, 2.24) is 4.98 Å². The molecule has 1 aromatic carbocycles. The van der Waals surface area contributed by atoms with Crippen LogP contribution in [0.15, 0.2) is 48.8 Å². The Bertz CT molecular complexity index is 598. The highest BCUT2D eigenvalue weighted by Crippen LogP contribution is 2.22. The number of benzene rings is 1. The first-order chi connectivity index (χ1) is 10.1. The molecule has 1 amide bonds. The summed E-state index contributed by atoms with van der Waals surface area (Å²) < 4.78 is 0. The monoisotopic (exact) mass is 284 g/mol. The van der Waals surface area contributed by atoms with Gasteiger partial charge in [-0.3, -0.25) is 9.78 Å². The Balaban J connectivity index is 2.04. The van der Waals surface area contributed by atoms with Gasteiger partial charge in [-0.05, 0) is 18.1 Å². The van der Waals surface area contributed by atoms with Crippen LogP contribution in [0.1, 0.15) is 5.56 Å². The number of hydrogen-bond acceptors (Lipinski definition) is 4. The van der Waals surface area contributed by atoms with Crippen LogP contribution in [-0.4, -0.2) is 31.0 Å². The van der Waals surface area contributed by atoms with Crippen LogP contribution in [0.25, 0.3) is 0 Å². The summed E-state index contributed by atoms with van der Waals surface area (Å²) in [5, 5.41) is 2.84. The van der Waals surface area contributed by atoms with Crippen molar-refractivity contribution in [2.75, 3.05) is 24.3 Å². The molecule has 110 valence electrons. The average Bonchev–Trinajstić information content (AvgIpc) is 2.48. The van der Waals surface area contributed by atoms with E-state index in [1.807, 2.05) is 55.4 Å². The summed E-state index contributed by atoms with van der Waals surface area (Å²) >= 11 is 0. The van der Waals surface area contributed by atoms with Gasteiger partial charge in [0.1, 0.15) is 0 Å². The molecule has 0 aliphatic carbocycles. The zero-order chi connectivity index (χ0) is 15.2. The molecular formula is C16H20N4O. The average molecular weight is 284 g/mol. The maximum atomic E-state index is 12.2. The SMILES string of the molecule is CN(C)c1ccncc1NC(=O)C(N)Cc1ccccc1. The van der Waals surface area contributed by atoms with E-state index >= 15 is 0 Å². The van der Waals surface area contributed by atoms with Gasteiger partial charge in [-0.15, -0.1) is 0 Å². The van der Waals surface area contributed by atoms with Gasteiger partial charge in [-0.25, -0.2) is 0 Å². The summed E-state index contributed by atoms with van der Waals surface area (Å²) in [5.74, 6) is -0.213. The summed E-state index contributed by atoms with van der Waals surface area (Å²) in [6.45, 7) is 0. The highest BCUT2D eigenvalue weighted by molar-refractivity contribution is 5.97. The molecule has 0 aliphatic heterocycles. The van der Waals surface area contributed by atoms with Gasteiger partial charge in [0.15, 0.2) is 0 Å². The number of amides is 1. The first kappa shape index (κ1) is 15.0. The number of pyridine rings is 1. The third kappa shape index (κ3) is 4.03. The summed E-state index contributed by atoms with van der Waals surface area (Å²) in [6, 6.07) is 11.0. The molecule has 1 heterocycles. The van der Waals surface area contributed by atoms with E-state index in [1.165, 1.54) is 0 Å². The van der Waals surface area contributed by atoms with Crippen molar-refractivity contribution in [3.05, 3.63) is 54.4 Å². The lowest BCUT2D eigenvalue weighted by molar-refractivity contribution is -0.117. The van der Waals surface area contributed by atoms with Gasteiger partial charge >= 0.3 is 0 Å². The maximum absolute atomic E-state index is 12.2. The van der Waals surface area contributed by atoms with Gasteiger partial charge in [0.05, 0.1) is 23.6 Å². The van der Waals surface area contributed by atoms with Crippen LogP contribution in [0.3, 0.4) is 0 Å². The van der Waals surface area contributed by atoms with Crippen molar-refractivity contribution in [1.29, 1.82) is 0 Å². The number of nitrogens with zero attached hydrogens (tertiary/aromatic N) is 2. The van der Waals surface area contributed by atoms with E-state index in [9.17, 15) is 4.79 Å². The smallest absolute Gasteiger partial charge is 0.241 e. The van der Waals surface area contributed by atoms with Crippen LogP contribution >= 0.6 is 0 Å². The van der Waals surface area contributed by atoms with E-state index in [2.05, 4.69) is 10.3 Å². The highest BCUT2D eigenvalue weighted by Gasteiger charge is 2.16. The summed E-state index contributed by atoms with van der Waals surface area (Å²) in [6.07, 6.45) is 3.82. The quantitative estimate of drug-likeness (QED) is 0.876. The Kier molecular flexibility index (Phi) is 4.90. The van der Waals surface area contributed by atoms with Gasteiger partial charge in [-0.1, -0.05) is 30.3 Å². The molecule has 3 N–H and O–H groups in total. The molecule has 0 saturated carbocycles. The van der Waals surface area contributed by atoms with E-state index in [0.717, 1.165) is 11.3 Å². The molecule has 0 aliphatic rings. The van der Waals surface area contributed by atoms with E-state index in [1.54, 1.807) is 12.4 Å². The lowest BCUT2D eigenvalue weighted by atomic mass is 10.1. The van der Waals surface area contributed by atoms with Gasteiger partial charge < -0.3 is 16.0 Å². The molecule has 21 heavy (non-hydrogen) atoms. The number of rotatable bonds is 5. The Labute approximate surface area is 124 Å². The second-order valence-electron chi connectivity index (χ2n) is 5.07. The zero-order valence-electron chi connectivity index (χ0n) is 12.3. The summed E-state index contributed by atoms with van der Waals surface area (Å²) in [4.78, 5) is 18.2. The number of carbonyl (C=O) groups excluding carboxylic acids is 1. The Morgan fingerprint density at radius 2 is 2.00 bits per heavy atom. The molecule has 1 aromatic heterocycles. The van der Waals surface area contributed by atoms with Crippen molar-refractivity contribution in [2.24, 2.45) is 5.73 Å². The van der Waals surface area contributed by atoms with E-state index in [4.69, 9.17) is 5.73 Å². The zero-order valence-corrected chi connectivity index (χ0v) is 12.3. The standard InChI is InChI=1S/C16H20N4O/c1-20(2)15-8-9-18-11-14(15)19-16(21)13(17)10-12-6-4-3-5-7-12/h3-9,11,13H,10,17H2,1-2H3,(H,19,21). The predicted octanol–water partition coefficient (Wildman–Crippen LogP) is 1.66. The van der Waals surface area contributed by atoms with Gasteiger partial charge in [0.25, 0.3) is 0 Å². The normalized spacial score (nSPS) is 11.8. The number of carbonyl (C=O) groups is 1. The third-order valence-corrected chi connectivity index (χ3v) is 3.17. The van der Waals surface area contributed by atoms with Gasteiger partial charge in [0.2, 0.25) is 5.91 Å². The first-order valence-corrected chi connectivity index (χ1v) is 6.79. The fraction of sp³-hybridized carbons (Fsp3) is 0.250. The molecule has 5 heteroatoms. The largest absolute Gasteiger partial charge is 0.376 e. The van der Waals surface area contributed by atoms with Gasteiger partial charge in [-0.2, -0.15) is 0 Å². The molecule has 1 atom stereocenters. The van der Waals surface area contributed by atoms with Crippen molar-refractivity contribution in [2.45, 2.75) is 12.5 Å². The molecule has 0 fully saturated rings. The van der Waals surface area contributed by atoms with E-state index in [0.29, 0.717) is 12.1 Å². The number of nitrogens with two attached hydrogens (primary N) is 1. The predicted molar refractivity (Wildman–Crippen MR) is 85.3 cm³/mol. The third-order valence-electron chi connectivity index (χ3n) is 3.17. The fourth-order valence-electron chi connectivity index (χ4n) is 2.06. The molecular weight excluding hydrogens is 264 g/mol. The lowest BCUT2D eigenvalue weighted by Crippen LogP contribution is -2.37. The summed E-state index contributed by atoms with van der Waals surface area (Å²) in [5.41, 5.74) is 8.57. The van der Waals surface area contributed by atoms with Crippen molar-refractivity contribution >= 4 is 17.3 Å². The van der Waals surface area contributed by atoms with Crippen LogP contribution in [0.2, 0.25) is 0 Å². The van der Waals surface area contributed by atoms with Gasteiger partial charge in [0, 0.05) is 20.3 Å². The molecule has 2 rings (SSSR count). The summed E-state index contributed by atoms with van der Waals surface area (Å²) in [7, 11) is 3.82. The second-order valence-corrected chi connectivity index (χ2v) is 5.07. The molecule has 0 radical (unpaired) electrons. The van der Waals surface area contributed by atoms with E-state index in [-0.39, 0.29) is 5.91 Å². The highest BCUT2D eigenvalue weighted by atomic mass is 16.2. The van der Waals surface area contributed by atoms with Crippen LogP contribution in [0.4, 0.5) is 11.4 Å². The Morgan fingerprint density at radius 1 is 1.29 bits per heavy atom. The minimum atomic E-state index is -0.595. The number of hydrogen-bond donors (Lipinski definition) is 2. The maximum Gasteiger partial charge on any atom is 0.241 e. The molecule has 1 unspecified atom stereocenters. The molecule has 0 bridgehead atoms. The molecule has 0 saturated heterocycles. The minimum Gasteiger partial charge on any atom is -0.376 e. The molecule has 2 aromatic rings. The minimum absolute atomic E-state index is 0.213. The van der Waals surface area contributed by atoms with Crippen LogP contribution < -0.4 is 16.0 Å². The molecule has 0 spiro atoms. The Hall–Kier alpha value is -2.40. The topological polar surface area (TPSA) is 71.2 Å². The van der Waals surface area contributed by atoms with Crippen LogP contribution in [0.5, 0.6) is 0 Å². The van der Waals surface area contributed by atoms with Crippen molar-refractivity contribution in [3.63, 3.8) is 0 Å².